The molecule has 1 aromatic carbocycles. The SMILES string of the molecule is COc1ccccc1[C@@H]1CN(C(=O)c2ccc(C)nc2)CCN1C. The van der Waals surface area contributed by atoms with Crippen LogP contribution in [-0.4, -0.2) is 54.5 Å². The van der Waals surface area contributed by atoms with Crippen molar-refractivity contribution in [1.29, 1.82) is 0 Å². The first kappa shape index (κ1) is 16.5. The van der Waals surface area contributed by atoms with Crippen molar-refractivity contribution in [2.75, 3.05) is 33.8 Å². The van der Waals surface area contributed by atoms with E-state index in [0.29, 0.717) is 12.1 Å². The van der Waals surface area contributed by atoms with E-state index in [1.807, 2.05) is 42.2 Å². The van der Waals surface area contributed by atoms with E-state index in [1.54, 1.807) is 13.3 Å². The molecule has 5 heteroatoms. The molecule has 1 aromatic heterocycles. The van der Waals surface area contributed by atoms with Gasteiger partial charge in [0.25, 0.3) is 5.91 Å². The summed E-state index contributed by atoms with van der Waals surface area (Å²) in [6, 6.07) is 11.9. The third-order valence-electron chi connectivity index (χ3n) is 4.59. The van der Waals surface area contributed by atoms with Crippen molar-refractivity contribution in [1.82, 2.24) is 14.8 Å². The molecule has 0 spiro atoms. The number of likely N-dealkylation sites (N-methyl/N-ethyl adjacent to an activating group) is 1. The summed E-state index contributed by atoms with van der Waals surface area (Å²) >= 11 is 0. The normalized spacial score (nSPS) is 18.5. The molecule has 0 saturated carbocycles. The molecule has 2 heterocycles. The molecule has 1 aliphatic heterocycles. The van der Waals surface area contributed by atoms with E-state index in [0.717, 1.165) is 30.1 Å². The Kier molecular flexibility index (Phi) is 4.81. The van der Waals surface area contributed by atoms with Crippen LogP contribution in [0.15, 0.2) is 42.6 Å². The standard InChI is InChI=1S/C19H23N3O2/c1-14-8-9-15(12-20-14)19(23)22-11-10-21(2)17(13-22)16-6-4-5-7-18(16)24-3/h4-9,12,17H,10-11,13H2,1-3H3/t17-/m0/s1. The Balaban J connectivity index is 1.83. The highest BCUT2D eigenvalue weighted by atomic mass is 16.5. The second-order valence-electron chi connectivity index (χ2n) is 6.18. The van der Waals surface area contributed by atoms with Crippen LogP contribution in [0.5, 0.6) is 5.75 Å². The van der Waals surface area contributed by atoms with Gasteiger partial charge in [-0.2, -0.15) is 0 Å². The summed E-state index contributed by atoms with van der Waals surface area (Å²) in [7, 11) is 3.77. The van der Waals surface area contributed by atoms with Crippen LogP contribution in [0.4, 0.5) is 0 Å². The first-order valence-electron chi connectivity index (χ1n) is 8.15. The molecule has 1 aliphatic rings. The quantitative estimate of drug-likeness (QED) is 0.870. The largest absolute Gasteiger partial charge is 0.496 e. The molecule has 2 aromatic rings. The van der Waals surface area contributed by atoms with Gasteiger partial charge >= 0.3 is 0 Å². The fourth-order valence-corrected chi connectivity index (χ4v) is 3.11. The summed E-state index contributed by atoms with van der Waals surface area (Å²) in [6.07, 6.45) is 1.66. The molecule has 0 unspecified atom stereocenters. The van der Waals surface area contributed by atoms with Gasteiger partial charge in [0.15, 0.2) is 0 Å². The number of nitrogens with zero attached hydrogens (tertiary/aromatic N) is 3. The van der Waals surface area contributed by atoms with Crippen LogP contribution in [0.2, 0.25) is 0 Å². The van der Waals surface area contributed by atoms with E-state index >= 15 is 0 Å². The number of carbonyl (C=O) groups is 1. The maximum absolute atomic E-state index is 12.8. The second kappa shape index (κ2) is 7.01. The van der Waals surface area contributed by atoms with Gasteiger partial charge < -0.3 is 9.64 Å². The zero-order chi connectivity index (χ0) is 17.1. The number of benzene rings is 1. The number of methoxy groups -OCH3 is 1. The number of piperazine rings is 1. The van der Waals surface area contributed by atoms with Crippen LogP contribution in [0.25, 0.3) is 0 Å². The van der Waals surface area contributed by atoms with Crippen molar-refractivity contribution in [3.05, 3.63) is 59.4 Å². The molecule has 1 saturated heterocycles. The summed E-state index contributed by atoms with van der Waals surface area (Å²) in [6.45, 7) is 4.11. The van der Waals surface area contributed by atoms with Crippen molar-refractivity contribution in [3.8, 4) is 5.75 Å². The molecule has 1 atom stereocenters. The lowest BCUT2D eigenvalue weighted by Gasteiger charge is -2.40. The highest BCUT2D eigenvalue weighted by Crippen LogP contribution is 2.31. The Morgan fingerprint density at radius 2 is 2.00 bits per heavy atom. The summed E-state index contributed by atoms with van der Waals surface area (Å²) < 4.78 is 5.50. The minimum absolute atomic E-state index is 0.0375. The highest BCUT2D eigenvalue weighted by Gasteiger charge is 2.30. The Bertz CT molecular complexity index is 715. The van der Waals surface area contributed by atoms with Crippen LogP contribution in [0, 0.1) is 6.92 Å². The number of amides is 1. The fraction of sp³-hybridized carbons (Fsp3) is 0.368. The first-order chi connectivity index (χ1) is 11.6. The number of hydrogen-bond acceptors (Lipinski definition) is 4. The van der Waals surface area contributed by atoms with Crippen LogP contribution in [-0.2, 0) is 0 Å². The summed E-state index contributed by atoms with van der Waals surface area (Å²) in [4.78, 5) is 21.2. The van der Waals surface area contributed by atoms with Crippen molar-refractivity contribution in [3.63, 3.8) is 0 Å². The molecule has 0 bridgehead atoms. The van der Waals surface area contributed by atoms with E-state index in [2.05, 4.69) is 23.0 Å². The number of aromatic nitrogens is 1. The van der Waals surface area contributed by atoms with Crippen molar-refractivity contribution < 1.29 is 9.53 Å². The lowest BCUT2D eigenvalue weighted by Crippen LogP contribution is -2.49. The number of ether oxygens (including phenoxy) is 1. The summed E-state index contributed by atoms with van der Waals surface area (Å²) in [5, 5.41) is 0. The minimum atomic E-state index is 0.0375. The maximum Gasteiger partial charge on any atom is 0.255 e. The van der Waals surface area contributed by atoms with Gasteiger partial charge in [-0.25, -0.2) is 0 Å². The van der Waals surface area contributed by atoms with Crippen LogP contribution >= 0.6 is 0 Å². The maximum atomic E-state index is 12.8. The third-order valence-corrected chi connectivity index (χ3v) is 4.59. The molecule has 3 rings (SSSR count). The molecule has 1 fully saturated rings. The topological polar surface area (TPSA) is 45.7 Å². The highest BCUT2D eigenvalue weighted by molar-refractivity contribution is 5.94. The lowest BCUT2D eigenvalue weighted by atomic mass is 10.0. The zero-order valence-electron chi connectivity index (χ0n) is 14.4. The van der Waals surface area contributed by atoms with Gasteiger partial charge in [0.05, 0.1) is 18.7 Å². The predicted molar refractivity (Wildman–Crippen MR) is 93.2 cm³/mol. The number of hydrogen-bond donors (Lipinski definition) is 0. The molecule has 0 N–H and O–H groups in total. The molecule has 126 valence electrons. The van der Waals surface area contributed by atoms with Gasteiger partial charge in [0.1, 0.15) is 5.75 Å². The van der Waals surface area contributed by atoms with Gasteiger partial charge in [0, 0.05) is 37.1 Å². The van der Waals surface area contributed by atoms with E-state index in [4.69, 9.17) is 4.74 Å². The molecule has 24 heavy (non-hydrogen) atoms. The Morgan fingerprint density at radius 3 is 2.71 bits per heavy atom. The summed E-state index contributed by atoms with van der Waals surface area (Å²) in [5.74, 6) is 0.899. The number of pyridine rings is 1. The molecule has 5 nitrogen and oxygen atoms in total. The van der Waals surface area contributed by atoms with Crippen LogP contribution < -0.4 is 4.74 Å². The van der Waals surface area contributed by atoms with Gasteiger partial charge in [-0.05, 0) is 32.2 Å². The Hall–Kier alpha value is -2.40. The number of aryl methyl sites for hydroxylation is 1. The summed E-state index contributed by atoms with van der Waals surface area (Å²) in [5.41, 5.74) is 2.67. The number of carbonyl (C=O) groups excluding carboxylic acids is 1. The molecule has 0 aliphatic carbocycles. The van der Waals surface area contributed by atoms with Crippen molar-refractivity contribution in [2.24, 2.45) is 0 Å². The van der Waals surface area contributed by atoms with Gasteiger partial charge in [-0.1, -0.05) is 18.2 Å². The van der Waals surface area contributed by atoms with Crippen molar-refractivity contribution >= 4 is 5.91 Å². The number of rotatable bonds is 3. The smallest absolute Gasteiger partial charge is 0.255 e. The molecule has 1 amide bonds. The predicted octanol–water partition coefficient (Wildman–Crippen LogP) is 2.53. The Morgan fingerprint density at radius 1 is 1.21 bits per heavy atom. The van der Waals surface area contributed by atoms with Crippen LogP contribution in [0.3, 0.4) is 0 Å². The fourth-order valence-electron chi connectivity index (χ4n) is 3.11. The zero-order valence-corrected chi connectivity index (χ0v) is 14.4. The third kappa shape index (κ3) is 3.26. The molecular weight excluding hydrogens is 302 g/mol. The van der Waals surface area contributed by atoms with Gasteiger partial charge in [-0.3, -0.25) is 14.7 Å². The number of para-hydroxylation sites is 1. The minimum Gasteiger partial charge on any atom is -0.496 e. The van der Waals surface area contributed by atoms with E-state index in [-0.39, 0.29) is 11.9 Å². The van der Waals surface area contributed by atoms with E-state index in [9.17, 15) is 4.79 Å². The van der Waals surface area contributed by atoms with Gasteiger partial charge in [0.2, 0.25) is 0 Å². The monoisotopic (exact) mass is 325 g/mol. The molecular formula is C19H23N3O2. The van der Waals surface area contributed by atoms with Crippen molar-refractivity contribution in [2.45, 2.75) is 13.0 Å². The molecule has 0 radical (unpaired) electrons. The van der Waals surface area contributed by atoms with E-state index < -0.39 is 0 Å². The average molecular weight is 325 g/mol. The van der Waals surface area contributed by atoms with Crippen LogP contribution in [0.1, 0.15) is 27.7 Å². The average Bonchev–Trinajstić information content (AvgIpc) is 2.62. The first-order valence-corrected chi connectivity index (χ1v) is 8.15. The lowest BCUT2D eigenvalue weighted by molar-refractivity contribution is 0.0542. The second-order valence-corrected chi connectivity index (χ2v) is 6.18. The van der Waals surface area contributed by atoms with Gasteiger partial charge in [-0.15, -0.1) is 0 Å². The van der Waals surface area contributed by atoms with E-state index in [1.165, 1.54) is 0 Å². The Labute approximate surface area is 142 Å².